The van der Waals surface area contributed by atoms with E-state index in [0.717, 1.165) is 41.9 Å². The number of nitrogens with one attached hydrogen (secondary N) is 1. The Kier molecular flexibility index (Phi) is 8.73. The van der Waals surface area contributed by atoms with Gasteiger partial charge in [-0.25, -0.2) is 4.98 Å². The molecule has 0 aliphatic heterocycles. The Labute approximate surface area is 210 Å². The second kappa shape index (κ2) is 12.4. The van der Waals surface area contributed by atoms with E-state index >= 15 is 0 Å². The first-order valence-electron chi connectivity index (χ1n) is 11.8. The Balaban J connectivity index is 1.47. The van der Waals surface area contributed by atoms with Crippen molar-refractivity contribution < 1.29 is 14.3 Å². The molecule has 4 rings (SSSR count). The Morgan fingerprint density at radius 1 is 0.914 bits per heavy atom. The van der Waals surface area contributed by atoms with E-state index in [1.165, 1.54) is 30.2 Å². The van der Waals surface area contributed by atoms with E-state index in [0.29, 0.717) is 23.1 Å². The number of thioether (sulfide) groups is 1. The summed E-state index contributed by atoms with van der Waals surface area (Å²) in [6.45, 7) is 0.665. The molecule has 7 nitrogen and oxygen atoms in total. The molecule has 0 unspecified atom stereocenters. The molecule has 1 aliphatic carbocycles. The number of rotatable bonds is 10. The van der Waals surface area contributed by atoms with E-state index in [2.05, 4.69) is 21.6 Å². The van der Waals surface area contributed by atoms with Gasteiger partial charge >= 0.3 is 0 Å². The van der Waals surface area contributed by atoms with Gasteiger partial charge in [0.1, 0.15) is 22.9 Å². The van der Waals surface area contributed by atoms with Crippen LogP contribution in [0.15, 0.2) is 65.3 Å². The molecular weight excluding hydrogens is 460 g/mol. The van der Waals surface area contributed by atoms with Gasteiger partial charge in [0.2, 0.25) is 11.1 Å². The van der Waals surface area contributed by atoms with Crippen molar-refractivity contribution >= 4 is 17.7 Å². The molecular formula is C27H30N4O3S. The van der Waals surface area contributed by atoms with Crippen LogP contribution in [-0.2, 0) is 4.79 Å². The first-order valence-corrected chi connectivity index (χ1v) is 12.8. The van der Waals surface area contributed by atoms with E-state index in [4.69, 9.17) is 14.5 Å². The molecule has 0 saturated carbocycles. The molecule has 0 fully saturated rings. The highest BCUT2D eigenvalue weighted by atomic mass is 32.2. The molecule has 0 saturated heterocycles. The van der Waals surface area contributed by atoms with Gasteiger partial charge in [-0.1, -0.05) is 23.4 Å². The van der Waals surface area contributed by atoms with Crippen molar-refractivity contribution in [2.24, 2.45) is 0 Å². The smallest absolute Gasteiger partial charge is 0.230 e. The molecule has 0 radical (unpaired) electrons. The average molecular weight is 491 g/mol. The highest BCUT2D eigenvalue weighted by Gasteiger charge is 2.15. The summed E-state index contributed by atoms with van der Waals surface area (Å²) in [4.78, 5) is 17.2. The first-order chi connectivity index (χ1) is 17.2. The zero-order chi connectivity index (χ0) is 24.5. The maximum atomic E-state index is 12.4. The molecule has 2 aromatic carbocycles. The van der Waals surface area contributed by atoms with Gasteiger partial charge in [-0.05, 0) is 80.6 Å². The minimum absolute atomic E-state index is 0.0276. The second-order valence-electron chi connectivity index (χ2n) is 8.25. The van der Waals surface area contributed by atoms with Gasteiger partial charge in [-0.15, -0.1) is 10.2 Å². The van der Waals surface area contributed by atoms with E-state index in [1.807, 2.05) is 48.5 Å². The fourth-order valence-corrected chi connectivity index (χ4v) is 4.56. The van der Waals surface area contributed by atoms with Gasteiger partial charge in [0, 0.05) is 17.7 Å². The van der Waals surface area contributed by atoms with E-state index < -0.39 is 0 Å². The van der Waals surface area contributed by atoms with Crippen molar-refractivity contribution in [3.8, 4) is 34.0 Å². The van der Waals surface area contributed by atoms with E-state index in [1.54, 1.807) is 14.2 Å². The van der Waals surface area contributed by atoms with Crippen molar-refractivity contribution in [3.63, 3.8) is 0 Å². The Morgan fingerprint density at radius 2 is 1.57 bits per heavy atom. The third kappa shape index (κ3) is 6.82. The molecule has 1 aliphatic rings. The number of carbonyl (C=O) groups excluding carboxylic acids is 1. The number of allylic oxidation sites excluding steroid dienone is 1. The zero-order valence-electron chi connectivity index (χ0n) is 20.1. The van der Waals surface area contributed by atoms with Crippen LogP contribution in [0.2, 0.25) is 0 Å². The normalized spacial score (nSPS) is 13.1. The number of carbonyl (C=O) groups is 1. The number of hydrogen-bond acceptors (Lipinski definition) is 7. The molecule has 3 aromatic rings. The van der Waals surface area contributed by atoms with Gasteiger partial charge in [-0.2, -0.15) is 0 Å². The molecule has 1 amide bonds. The average Bonchev–Trinajstić information content (AvgIpc) is 2.92. The van der Waals surface area contributed by atoms with E-state index in [9.17, 15) is 4.79 Å². The van der Waals surface area contributed by atoms with Gasteiger partial charge in [0.05, 0.1) is 20.0 Å². The molecule has 182 valence electrons. The van der Waals surface area contributed by atoms with Gasteiger partial charge in [0.15, 0.2) is 0 Å². The maximum absolute atomic E-state index is 12.4. The number of nitrogens with zero attached hydrogens (tertiary/aromatic N) is 3. The Bertz CT molecular complexity index is 1160. The lowest BCUT2D eigenvalue weighted by Gasteiger charge is -2.13. The number of hydrogen-bond donors (Lipinski definition) is 1. The molecule has 0 atom stereocenters. The van der Waals surface area contributed by atoms with Gasteiger partial charge in [0.25, 0.3) is 0 Å². The van der Waals surface area contributed by atoms with Crippen LogP contribution >= 0.6 is 11.8 Å². The number of aromatic nitrogens is 3. The van der Waals surface area contributed by atoms with Crippen LogP contribution in [0.1, 0.15) is 32.1 Å². The Morgan fingerprint density at radius 3 is 2.17 bits per heavy atom. The summed E-state index contributed by atoms with van der Waals surface area (Å²) in [6, 6.07) is 15.3. The summed E-state index contributed by atoms with van der Waals surface area (Å²) >= 11 is 1.28. The van der Waals surface area contributed by atoms with Crippen LogP contribution in [-0.4, -0.2) is 47.6 Å². The van der Waals surface area contributed by atoms with Crippen molar-refractivity contribution in [1.82, 2.24) is 20.5 Å². The largest absolute Gasteiger partial charge is 0.497 e. The summed E-state index contributed by atoms with van der Waals surface area (Å²) in [5.74, 6) is 1.74. The van der Waals surface area contributed by atoms with Crippen LogP contribution in [0.4, 0.5) is 0 Å². The lowest BCUT2D eigenvalue weighted by atomic mass is 9.97. The SMILES string of the molecule is COc1ccc(-c2nnc(SCC(=O)NCCC3=CCCCC3)nc2-c2ccc(OC)cc2)cc1. The Hall–Kier alpha value is -3.39. The van der Waals surface area contributed by atoms with Crippen molar-refractivity contribution in [3.05, 3.63) is 60.2 Å². The molecule has 1 heterocycles. The third-order valence-corrected chi connectivity index (χ3v) is 6.72. The van der Waals surface area contributed by atoms with Crippen molar-refractivity contribution in [1.29, 1.82) is 0 Å². The summed E-state index contributed by atoms with van der Waals surface area (Å²) < 4.78 is 10.6. The van der Waals surface area contributed by atoms with Crippen molar-refractivity contribution in [2.75, 3.05) is 26.5 Å². The minimum Gasteiger partial charge on any atom is -0.497 e. The third-order valence-electron chi connectivity index (χ3n) is 5.88. The second-order valence-corrected chi connectivity index (χ2v) is 9.19. The molecule has 0 bridgehead atoms. The number of methoxy groups -OCH3 is 2. The van der Waals surface area contributed by atoms with Crippen LogP contribution in [0, 0.1) is 0 Å². The van der Waals surface area contributed by atoms with Crippen LogP contribution < -0.4 is 14.8 Å². The predicted octanol–water partition coefficient (Wildman–Crippen LogP) is 5.32. The minimum atomic E-state index is -0.0276. The fraction of sp³-hybridized carbons (Fsp3) is 0.333. The highest BCUT2D eigenvalue weighted by molar-refractivity contribution is 7.99. The lowest BCUT2D eigenvalue weighted by molar-refractivity contribution is -0.118. The highest BCUT2D eigenvalue weighted by Crippen LogP contribution is 2.31. The molecule has 1 N–H and O–H groups in total. The summed E-state index contributed by atoms with van der Waals surface area (Å²) in [6.07, 6.45) is 8.08. The monoisotopic (exact) mass is 490 g/mol. The van der Waals surface area contributed by atoms with E-state index in [-0.39, 0.29) is 11.7 Å². The number of ether oxygens (including phenoxy) is 2. The predicted molar refractivity (Wildman–Crippen MR) is 139 cm³/mol. The van der Waals surface area contributed by atoms with Gasteiger partial charge < -0.3 is 14.8 Å². The number of amides is 1. The quantitative estimate of drug-likeness (QED) is 0.304. The fourth-order valence-electron chi connectivity index (χ4n) is 3.94. The molecule has 1 aromatic heterocycles. The van der Waals surface area contributed by atoms with Crippen molar-refractivity contribution in [2.45, 2.75) is 37.3 Å². The lowest BCUT2D eigenvalue weighted by Crippen LogP contribution is -2.26. The number of benzene rings is 2. The maximum Gasteiger partial charge on any atom is 0.230 e. The van der Waals surface area contributed by atoms with Crippen LogP contribution in [0.25, 0.3) is 22.5 Å². The first kappa shape index (κ1) is 24.7. The summed E-state index contributed by atoms with van der Waals surface area (Å²) in [5, 5.41) is 12.2. The zero-order valence-corrected chi connectivity index (χ0v) is 20.9. The molecule has 35 heavy (non-hydrogen) atoms. The molecule has 0 spiro atoms. The summed E-state index contributed by atoms with van der Waals surface area (Å²) in [5.41, 5.74) is 4.57. The van der Waals surface area contributed by atoms with Crippen LogP contribution in [0.3, 0.4) is 0 Å². The van der Waals surface area contributed by atoms with Gasteiger partial charge in [-0.3, -0.25) is 4.79 Å². The molecule has 8 heteroatoms. The standard InChI is InChI=1S/C27H30N4O3S/c1-33-22-12-8-20(9-13-22)25-26(21-10-14-23(34-2)15-11-21)30-31-27(29-25)35-18-24(32)28-17-16-19-6-4-3-5-7-19/h6,8-15H,3-5,7,16-18H2,1-2H3,(H,28,32). The topological polar surface area (TPSA) is 86.2 Å². The summed E-state index contributed by atoms with van der Waals surface area (Å²) in [7, 11) is 3.27. The van der Waals surface area contributed by atoms with Crippen LogP contribution in [0.5, 0.6) is 11.5 Å².